The highest BCUT2D eigenvalue weighted by Crippen LogP contribution is 2.27. The Balaban J connectivity index is 2.02. The predicted molar refractivity (Wildman–Crippen MR) is 190 cm³/mol. The van der Waals surface area contributed by atoms with Crippen LogP contribution in [0.4, 0.5) is 14.4 Å². The molecule has 0 spiro atoms. The zero-order valence-corrected chi connectivity index (χ0v) is 31.1. The largest absolute Gasteiger partial charge is 0.508 e. The number of hydrogen-bond donors (Lipinski definition) is 4. The van der Waals surface area contributed by atoms with Gasteiger partial charge in [0.25, 0.3) is 0 Å². The van der Waals surface area contributed by atoms with Gasteiger partial charge in [0.2, 0.25) is 11.9 Å². The van der Waals surface area contributed by atoms with Crippen molar-refractivity contribution in [3.8, 4) is 5.75 Å². The van der Waals surface area contributed by atoms with E-state index in [2.05, 4.69) is 20.9 Å². The van der Waals surface area contributed by atoms with Gasteiger partial charge in [0.05, 0.1) is 12.6 Å². The molecule has 0 saturated carbocycles. The standard InChI is InChI=1S/C37H53N5O8/c1-22-16-27(43)17-23(2)28(22)19-29(39-32(45)48-35(3,4)5)30(44)42-21-25-15-13-12-14-24(25)18-26(42)20-38-31(40-33(46)49-36(6,7)8)41-34(47)50-37(9,10)11/h12-17,26,29,43H,18-21H2,1-11H3,(H,39,45)(H2,38,40,41,46,47)/t26-,29-/m0/s1. The molecular weight excluding hydrogens is 642 g/mol. The molecule has 4 amide bonds. The van der Waals surface area contributed by atoms with E-state index in [-0.39, 0.29) is 37.1 Å². The van der Waals surface area contributed by atoms with Gasteiger partial charge in [-0.3, -0.25) is 20.4 Å². The highest BCUT2D eigenvalue weighted by atomic mass is 16.6. The second-order valence-corrected chi connectivity index (χ2v) is 15.5. The maximum Gasteiger partial charge on any atom is 0.414 e. The molecule has 1 aliphatic heterocycles. The Morgan fingerprint density at radius 3 is 1.80 bits per heavy atom. The quantitative estimate of drug-likeness (QED) is 0.167. The molecule has 0 aliphatic carbocycles. The van der Waals surface area contributed by atoms with Crippen molar-refractivity contribution < 1.29 is 38.5 Å². The number of aromatic hydroxyl groups is 1. The minimum absolute atomic E-state index is 0.0303. The van der Waals surface area contributed by atoms with E-state index in [4.69, 9.17) is 14.2 Å². The second-order valence-electron chi connectivity index (χ2n) is 15.5. The first-order valence-corrected chi connectivity index (χ1v) is 16.7. The van der Waals surface area contributed by atoms with Gasteiger partial charge < -0.3 is 29.5 Å². The van der Waals surface area contributed by atoms with Crippen molar-refractivity contribution in [1.29, 1.82) is 0 Å². The lowest BCUT2D eigenvalue weighted by Crippen LogP contribution is -2.56. The van der Waals surface area contributed by atoms with E-state index in [1.165, 1.54) is 0 Å². The minimum atomic E-state index is -1.04. The van der Waals surface area contributed by atoms with Crippen LogP contribution >= 0.6 is 0 Å². The van der Waals surface area contributed by atoms with Crippen LogP contribution in [0.2, 0.25) is 0 Å². The van der Waals surface area contributed by atoms with Crippen LogP contribution in [-0.4, -0.2) is 75.6 Å². The van der Waals surface area contributed by atoms with Gasteiger partial charge in [0.1, 0.15) is 28.6 Å². The number of benzene rings is 2. The van der Waals surface area contributed by atoms with Crippen molar-refractivity contribution in [1.82, 2.24) is 20.9 Å². The highest BCUT2D eigenvalue weighted by Gasteiger charge is 2.36. The Morgan fingerprint density at radius 2 is 1.30 bits per heavy atom. The molecule has 2 atom stereocenters. The number of carbonyl (C=O) groups is 4. The van der Waals surface area contributed by atoms with Crippen LogP contribution in [0.1, 0.15) is 90.1 Å². The van der Waals surface area contributed by atoms with Crippen molar-refractivity contribution in [3.05, 3.63) is 64.2 Å². The Labute approximate surface area is 295 Å². The summed E-state index contributed by atoms with van der Waals surface area (Å²) in [4.78, 5) is 59.3. The lowest BCUT2D eigenvalue weighted by atomic mass is 9.91. The molecule has 3 rings (SSSR count). The molecule has 0 aromatic heterocycles. The van der Waals surface area contributed by atoms with Gasteiger partial charge in [-0.05, 0) is 123 Å². The number of nitrogens with one attached hydrogen (secondary N) is 3. The summed E-state index contributed by atoms with van der Waals surface area (Å²) in [6.07, 6.45) is -1.88. The zero-order valence-electron chi connectivity index (χ0n) is 31.1. The lowest BCUT2D eigenvalue weighted by Gasteiger charge is -2.38. The van der Waals surface area contributed by atoms with Crippen molar-refractivity contribution in [2.24, 2.45) is 4.99 Å². The number of aryl methyl sites for hydroxylation is 2. The molecule has 13 heteroatoms. The summed E-state index contributed by atoms with van der Waals surface area (Å²) in [7, 11) is 0. The number of phenols is 1. The fourth-order valence-electron chi connectivity index (χ4n) is 5.46. The van der Waals surface area contributed by atoms with Crippen LogP contribution in [-0.2, 0) is 38.4 Å². The number of alkyl carbamates (subject to hydrolysis) is 3. The van der Waals surface area contributed by atoms with Gasteiger partial charge in [0.15, 0.2) is 0 Å². The molecule has 4 N–H and O–H groups in total. The lowest BCUT2D eigenvalue weighted by molar-refractivity contribution is -0.136. The molecule has 0 radical (unpaired) electrons. The number of hydrogen-bond acceptors (Lipinski definition) is 9. The van der Waals surface area contributed by atoms with E-state index in [1.807, 2.05) is 38.1 Å². The SMILES string of the molecule is Cc1cc(O)cc(C)c1C[C@H](NC(=O)OC(C)(C)C)C(=O)N1Cc2ccccc2C[C@H]1CN=C(NC(=O)OC(C)(C)C)NC(=O)OC(C)(C)C. The van der Waals surface area contributed by atoms with Crippen LogP contribution in [0.5, 0.6) is 5.75 Å². The second kappa shape index (κ2) is 15.8. The maximum atomic E-state index is 14.6. The smallest absolute Gasteiger partial charge is 0.414 e. The Bertz CT molecular complexity index is 1540. The summed E-state index contributed by atoms with van der Waals surface area (Å²) >= 11 is 0. The summed E-state index contributed by atoms with van der Waals surface area (Å²) in [5.74, 6) is -0.481. The van der Waals surface area contributed by atoms with E-state index in [0.29, 0.717) is 6.42 Å². The van der Waals surface area contributed by atoms with Gasteiger partial charge in [0, 0.05) is 13.0 Å². The fourth-order valence-corrected chi connectivity index (χ4v) is 5.46. The Kier molecular flexibility index (Phi) is 12.5. The number of carbonyl (C=O) groups excluding carboxylic acids is 4. The predicted octanol–water partition coefficient (Wildman–Crippen LogP) is 5.80. The van der Waals surface area contributed by atoms with Gasteiger partial charge in [-0.15, -0.1) is 0 Å². The van der Waals surface area contributed by atoms with Gasteiger partial charge in [-0.25, -0.2) is 14.4 Å². The summed E-state index contributed by atoms with van der Waals surface area (Å²) in [6.45, 7) is 19.3. The minimum Gasteiger partial charge on any atom is -0.508 e. The van der Waals surface area contributed by atoms with Crippen LogP contribution in [0.15, 0.2) is 41.4 Å². The molecule has 2 aromatic rings. The fraction of sp³-hybridized carbons (Fsp3) is 0.541. The molecule has 13 nitrogen and oxygen atoms in total. The van der Waals surface area contributed by atoms with Gasteiger partial charge >= 0.3 is 18.3 Å². The molecule has 1 aliphatic rings. The third-order valence-corrected chi connectivity index (χ3v) is 7.42. The first-order valence-electron chi connectivity index (χ1n) is 16.7. The number of nitrogens with zero attached hydrogens (tertiary/aromatic N) is 2. The third-order valence-electron chi connectivity index (χ3n) is 7.42. The topological polar surface area (TPSA) is 168 Å². The monoisotopic (exact) mass is 695 g/mol. The van der Waals surface area contributed by atoms with E-state index in [1.54, 1.807) is 79.3 Å². The first-order chi connectivity index (χ1) is 23.0. The van der Waals surface area contributed by atoms with Crippen molar-refractivity contribution in [3.63, 3.8) is 0 Å². The van der Waals surface area contributed by atoms with E-state index in [0.717, 1.165) is 27.8 Å². The highest BCUT2D eigenvalue weighted by molar-refractivity contribution is 6.01. The summed E-state index contributed by atoms with van der Waals surface area (Å²) in [6, 6.07) is 9.38. The summed E-state index contributed by atoms with van der Waals surface area (Å²) < 4.78 is 16.3. The zero-order chi connectivity index (χ0) is 37.6. The molecule has 50 heavy (non-hydrogen) atoms. The molecule has 2 aromatic carbocycles. The molecule has 274 valence electrons. The maximum absolute atomic E-state index is 14.6. The Morgan fingerprint density at radius 1 is 0.820 bits per heavy atom. The number of amides is 4. The summed E-state index contributed by atoms with van der Waals surface area (Å²) in [5, 5.41) is 17.9. The molecule has 0 bridgehead atoms. The van der Waals surface area contributed by atoms with Crippen molar-refractivity contribution in [2.75, 3.05) is 6.54 Å². The number of ether oxygens (including phenoxy) is 3. The number of rotatable bonds is 6. The number of phenolic OH excluding ortho intramolecular Hbond substituents is 1. The summed E-state index contributed by atoms with van der Waals surface area (Å²) in [5.41, 5.74) is 1.85. The molecule has 0 saturated heterocycles. The normalized spacial score (nSPS) is 15.2. The average Bonchev–Trinajstić information content (AvgIpc) is 2.93. The molecule has 0 unspecified atom stereocenters. The van der Waals surface area contributed by atoms with Gasteiger partial charge in [-0.1, -0.05) is 24.3 Å². The van der Waals surface area contributed by atoms with Gasteiger partial charge in [-0.2, -0.15) is 0 Å². The van der Waals surface area contributed by atoms with Crippen molar-refractivity contribution >= 4 is 30.1 Å². The van der Waals surface area contributed by atoms with E-state index < -0.39 is 47.2 Å². The van der Waals surface area contributed by atoms with E-state index in [9.17, 15) is 24.3 Å². The van der Waals surface area contributed by atoms with Crippen LogP contribution in [0, 0.1) is 13.8 Å². The van der Waals surface area contributed by atoms with Crippen molar-refractivity contribution in [2.45, 2.75) is 124 Å². The molecular formula is C37H53N5O8. The average molecular weight is 696 g/mol. The molecule has 1 heterocycles. The first kappa shape index (κ1) is 39.6. The van der Waals surface area contributed by atoms with Crippen LogP contribution in [0.25, 0.3) is 0 Å². The number of fused-ring (bicyclic) bond motifs is 1. The van der Waals surface area contributed by atoms with E-state index >= 15 is 0 Å². The number of aliphatic imine (C=N–C) groups is 1. The van der Waals surface area contributed by atoms with Crippen LogP contribution in [0.3, 0.4) is 0 Å². The third kappa shape index (κ3) is 12.6. The van der Waals surface area contributed by atoms with Crippen LogP contribution < -0.4 is 16.0 Å². The number of guanidine groups is 1. The molecule has 0 fully saturated rings. The Hall–Kier alpha value is -4.81.